The summed E-state index contributed by atoms with van der Waals surface area (Å²) in [5.74, 6) is 0.364. The van der Waals surface area contributed by atoms with Gasteiger partial charge in [-0.05, 0) is 6.07 Å². The fourth-order valence-corrected chi connectivity index (χ4v) is 1.83. The van der Waals surface area contributed by atoms with Crippen molar-refractivity contribution in [1.29, 1.82) is 0 Å². The van der Waals surface area contributed by atoms with Gasteiger partial charge in [0.25, 0.3) is 0 Å². The molecule has 94 valence electrons. The van der Waals surface area contributed by atoms with E-state index < -0.39 is 0 Å². The van der Waals surface area contributed by atoms with Gasteiger partial charge in [0.1, 0.15) is 17.8 Å². The Balaban J connectivity index is 2.40. The fourth-order valence-electron chi connectivity index (χ4n) is 1.13. The SMILES string of the molecule is Nc1c(Cl)ncnc1Oc1cc(Cl)c(Cl)cc1Cl. The standard InChI is InChI=1S/C10H5Cl4N3O/c11-4-1-6(13)7(2-5(4)12)18-10-8(15)9(14)16-3-17-10/h1-3H,15H2. The van der Waals surface area contributed by atoms with Crippen molar-refractivity contribution in [2.45, 2.75) is 0 Å². The van der Waals surface area contributed by atoms with E-state index >= 15 is 0 Å². The second-order valence-electron chi connectivity index (χ2n) is 3.18. The number of rotatable bonds is 2. The molecular formula is C10H5Cl4N3O. The van der Waals surface area contributed by atoms with E-state index in [-0.39, 0.29) is 27.5 Å². The summed E-state index contributed by atoms with van der Waals surface area (Å²) >= 11 is 23.4. The third-order valence-electron chi connectivity index (χ3n) is 1.98. The Labute approximate surface area is 123 Å². The average Bonchev–Trinajstić information content (AvgIpc) is 2.32. The maximum absolute atomic E-state index is 5.96. The number of nitrogens with two attached hydrogens (primary N) is 1. The lowest BCUT2D eigenvalue weighted by atomic mass is 10.3. The number of hydrogen-bond donors (Lipinski definition) is 1. The lowest BCUT2D eigenvalue weighted by molar-refractivity contribution is 0.464. The number of hydrogen-bond acceptors (Lipinski definition) is 4. The van der Waals surface area contributed by atoms with E-state index in [1.807, 2.05) is 0 Å². The van der Waals surface area contributed by atoms with Crippen molar-refractivity contribution in [3.05, 3.63) is 38.7 Å². The smallest absolute Gasteiger partial charge is 0.247 e. The summed E-state index contributed by atoms with van der Waals surface area (Å²) < 4.78 is 5.42. The highest BCUT2D eigenvalue weighted by molar-refractivity contribution is 6.43. The van der Waals surface area contributed by atoms with Crippen LogP contribution in [0.4, 0.5) is 5.69 Å². The minimum atomic E-state index is 0.0929. The van der Waals surface area contributed by atoms with Gasteiger partial charge >= 0.3 is 0 Å². The first-order valence-electron chi connectivity index (χ1n) is 4.57. The number of halogens is 4. The topological polar surface area (TPSA) is 61.0 Å². The molecule has 0 saturated carbocycles. The van der Waals surface area contributed by atoms with E-state index in [0.29, 0.717) is 10.0 Å². The molecule has 0 aliphatic rings. The number of benzene rings is 1. The Hall–Kier alpha value is -0.940. The molecule has 0 radical (unpaired) electrons. The summed E-state index contributed by atoms with van der Waals surface area (Å²) in [6.07, 6.45) is 1.22. The minimum absolute atomic E-state index is 0.0929. The molecule has 0 saturated heterocycles. The molecule has 0 amide bonds. The van der Waals surface area contributed by atoms with E-state index in [0.717, 1.165) is 0 Å². The monoisotopic (exact) mass is 323 g/mol. The molecule has 0 spiro atoms. The van der Waals surface area contributed by atoms with Gasteiger partial charge in [-0.3, -0.25) is 0 Å². The number of aromatic nitrogens is 2. The van der Waals surface area contributed by atoms with Crippen molar-refractivity contribution in [3.63, 3.8) is 0 Å². The van der Waals surface area contributed by atoms with Gasteiger partial charge in [0.15, 0.2) is 5.15 Å². The first kappa shape index (κ1) is 13.5. The van der Waals surface area contributed by atoms with Crippen molar-refractivity contribution in [2.24, 2.45) is 0 Å². The molecule has 4 nitrogen and oxygen atoms in total. The molecule has 18 heavy (non-hydrogen) atoms. The highest BCUT2D eigenvalue weighted by Crippen LogP contribution is 2.37. The van der Waals surface area contributed by atoms with Crippen LogP contribution >= 0.6 is 46.4 Å². The molecule has 0 unspecified atom stereocenters. The number of nitrogen functional groups attached to an aromatic ring is 1. The van der Waals surface area contributed by atoms with Gasteiger partial charge in [-0.25, -0.2) is 4.98 Å². The second kappa shape index (κ2) is 5.36. The van der Waals surface area contributed by atoms with Crippen molar-refractivity contribution < 1.29 is 4.74 Å². The van der Waals surface area contributed by atoms with Crippen LogP contribution in [0.5, 0.6) is 11.6 Å². The lowest BCUT2D eigenvalue weighted by Crippen LogP contribution is -1.97. The molecule has 0 bridgehead atoms. The Morgan fingerprint density at radius 3 is 2.33 bits per heavy atom. The van der Waals surface area contributed by atoms with Gasteiger partial charge in [0, 0.05) is 6.07 Å². The van der Waals surface area contributed by atoms with Crippen molar-refractivity contribution in [1.82, 2.24) is 9.97 Å². The van der Waals surface area contributed by atoms with Gasteiger partial charge in [0.2, 0.25) is 5.88 Å². The van der Waals surface area contributed by atoms with Crippen LogP contribution in [0.25, 0.3) is 0 Å². The normalized spacial score (nSPS) is 10.4. The third kappa shape index (κ3) is 2.72. The molecule has 1 aromatic heterocycles. The predicted molar refractivity (Wildman–Crippen MR) is 73.0 cm³/mol. The first-order valence-corrected chi connectivity index (χ1v) is 6.08. The Kier molecular flexibility index (Phi) is 4.02. The Morgan fingerprint density at radius 1 is 0.944 bits per heavy atom. The maximum atomic E-state index is 5.96. The molecule has 2 N–H and O–H groups in total. The van der Waals surface area contributed by atoms with Crippen LogP contribution in [0.3, 0.4) is 0 Å². The fraction of sp³-hybridized carbons (Fsp3) is 0. The zero-order valence-electron chi connectivity index (χ0n) is 8.62. The zero-order chi connectivity index (χ0) is 13.3. The van der Waals surface area contributed by atoms with Crippen molar-refractivity contribution in [3.8, 4) is 11.6 Å². The van der Waals surface area contributed by atoms with Gasteiger partial charge in [0.05, 0.1) is 15.1 Å². The summed E-state index contributed by atoms with van der Waals surface area (Å²) in [6.45, 7) is 0. The van der Waals surface area contributed by atoms with Crippen LogP contribution in [-0.4, -0.2) is 9.97 Å². The van der Waals surface area contributed by atoms with Gasteiger partial charge < -0.3 is 10.5 Å². The number of nitrogens with zero attached hydrogens (tertiary/aromatic N) is 2. The number of anilines is 1. The quantitative estimate of drug-likeness (QED) is 0.654. The van der Waals surface area contributed by atoms with E-state index in [4.69, 9.17) is 56.9 Å². The van der Waals surface area contributed by atoms with E-state index in [9.17, 15) is 0 Å². The van der Waals surface area contributed by atoms with Crippen LogP contribution in [-0.2, 0) is 0 Å². The van der Waals surface area contributed by atoms with Crippen LogP contribution < -0.4 is 10.5 Å². The summed E-state index contributed by atoms with van der Waals surface area (Å²) in [4.78, 5) is 7.55. The third-order valence-corrected chi connectivity index (χ3v) is 3.30. The highest BCUT2D eigenvalue weighted by atomic mass is 35.5. The zero-order valence-corrected chi connectivity index (χ0v) is 11.6. The van der Waals surface area contributed by atoms with Gasteiger partial charge in [-0.2, -0.15) is 4.98 Å². The van der Waals surface area contributed by atoms with Gasteiger partial charge in [-0.1, -0.05) is 46.4 Å². The van der Waals surface area contributed by atoms with E-state index in [2.05, 4.69) is 9.97 Å². The second-order valence-corrected chi connectivity index (χ2v) is 4.76. The number of ether oxygens (including phenoxy) is 1. The molecule has 8 heteroatoms. The van der Waals surface area contributed by atoms with Crippen LogP contribution in [0.15, 0.2) is 18.5 Å². The largest absolute Gasteiger partial charge is 0.435 e. The van der Waals surface area contributed by atoms with Crippen molar-refractivity contribution in [2.75, 3.05) is 5.73 Å². The molecule has 0 aliphatic carbocycles. The summed E-state index contributed by atoms with van der Waals surface area (Å²) in [6, 6.07) is 2.92. The maximum Gasteiger partial charge on any atom is 0.247 e. The van der Waals surface area contributed by atoms with E-state index in [1.54, 1.807) is 0 Å². The van der Waals surface area contributed by atoms with E-state index in [1.165, 1.54) is 18.5 Å². The molecular weight excluding hydrogens is 320 g/mol. The van der Waals surface area contributed by atoms with Crippen molar-refractivity contribution >= 4 is 52.1 Å². The summed E-state index contributed by atoms with van der Waals surface area (Å²) in [5, 5.41) is 0.993. The molecule has 1 heterocycles. The molecule has 0 atom stereocenters. The van der Waals surface area contributed by atoms with Crippen LogP contribution in [0.2, 0.25) is 20.2 Å². The molecule has 1 aromatic carbocycles. The summed E-state index contributed by atoms with van der Waals surface area (Å²) in [7, 11) is 0. The Bertz CT molecular complexity index is 606. The first-order chi connectivity index (χ1) is 8.49. The van der Waals surface area contributed by atoms with Crippen LogP contribution in [0, 0.1) is 0 Å². The summed E-state index contributed by atoms with van der Waals surface area (Å²) in [5.41, 5.74) is 5.78. The van der Waals surface area contributed by atoms with Gasteiger partial charge in [-0.15, -0.1) is 0 Å². The molecule has 0 aliphatic heterocycles. The van der Waals surface area contributed by atoms with Crippen LogP contribution in [0.1, 0.15) is 0 Å². The Morgan fingerprint density at radius 2 is 1.61 bits per heavy atom. The predicted octanol–water partition coefficient (Wildman–Crippen LogP) is 4.46. The highest BCUT2D eigenvalue weighted by Gasteiger charge is 2.12. The minimum Gasteiger partial charge on any atom is -0.435 e. The molecule has 2 aromatic rings. The average molecular weight is 325 g/mol. The molecule has 2 rings (SSSR count). The molecule has 0 fully saturated rings. The lowest BCUT2D eigenvalue weighted by Gasteiger charge is -2.09.